The summed E-state index contributed by atoms with van der Waals surface area (Å²) in [5.74, 6) is 2.01. The highest BCUT2D eigenvalue weighted by molar-refractivity contribution is 7.99. The van der Waals surface area contributed by atoms with Crippen molar-refractivity contribution in [1.29, 1.82) is 0 Å². The number of hydrogen-bond acceptors (Lipinski definition) is 6. The second-order valence-corrected chi connectivity index (χ2v) is 4.93. The standard InChI is InChI=1S/C12H15N3O4S/c1-17-6-4-15-7-12(19-14-15)13-11(16)9-20-8-10-3-2-5-18-10/h2-3,5,7H,4,6,8-9H2,1H3/p+1. The lowest BCUT2D eigenvalue weighted by Crippen LogP contribution is -2.36. The van der Waals surface area contributed by atoms with Crippen LogP contribution in [0.3, 0.4) is 0 Å². The van der Waals surface area contributed by atoms with Crippen LogP contribution in [0.1, 0.15) is 5.76 Å². The van der Waals surface area contributed by atoms with E-state index in [1.54, 1.807) is 24.3 Å². The molecule has 0 radical (unpaired) electrons. The molecule has 2 heterocycles. The molecule has 8 heteroatoms. The first-order chi connectivity index (χ1) is 9.78. The van der Waals surface area contributed by atoms with Crippen molar-refractivity contribution in [3.8, 4) is 0 Å². The molecule has 0 aromatic carbocycles. The van der Waals surface area contributed by atoms with Gasteiger partial charge in [-0.3, -0.25) is 14.6 Å². The topological polar surface area (TPSA) is 81.4 Å². The number of thioether (sulfide) groups is 1. The van der Waals surface area contributed by atoms with Crippen molar-refractivity contribution in [2.75, 3.05) is 24.8 Å². The average Bonchev–Trinajstić information content (AvgIpc) is 3.08. The van der Waals surface area contributed by atoms with Crippen molar-refractivity contribution in [1.82, 2.24) is 5.27 Å². The fraction of sp³-hybridized carbons (Fsp3) is 0.417. The number of nitrogens with one attached hydrogen (secondary N) is 1. The van der Waals surface area contributed by atoms with Crippen LogP contribution in [-0.4, -0.2) is 30.6 Å². The number of anilines is 1. The largest absolute Gasteiger partial charge is 0.468 e. The van der Waals surface area contributed by atoms with E-state index in [2.05, 4.69) is 10.6 Å². The van der Waals surface area contributed by atoms with Gasteiger partial charge in [-0.1, -0.05) is 0 Å². The van der Waals surface area contributed by atoms with Crippen LogP contribution in [0.15, 0.2) is 33.5 Å². The number of methoxy groups -OCH3 is 1. The van der Waals surface area contributed by atoms with E-state index in [9.17, 15) is 4.79 Å². The van der Waals surface area contributed by atoms with Crippen LogP contribution < -0.4 is 10.00 Å². The van der Waals surface area contributed by atoms with Gasteiger partial charge in [-0.05, 0) is 16.8 Å². The zero-order valence-electron chi connectivity index (χ0n) is 11.1. The Morgan fingerprint density at radius 2 is 2.50 bits per heavy atom. The summed E-state index contributed by atoms with van der Waals surface area (Å²) in [6, 6.07) is 3.70. The third kappa shape index (κ3) is 4.71. The summed E-state index contributed by atoms with van der Waals surface area (Å²) < 4.78 is 16.6. The number of furan rings is 1. The van der Waals surface area contributed by atoms with Crippen LogP contribution in [0.2, 0.25) is 0 Å². The Labute approximate surface area is 120 Å². The van der Waals surface area contributed by atoms with E-state index < -0.39 is 0 Å². The molecule has 2 aromatic rings. The fourth-order valence-electron chi connectivity index (χ4n) is 1.44. The molecule has 2 aromatic heterocycles. The van der Waals surface area contributed by atoms with Crippen LogP contribution >= 0.6 is 11.8 Å². The Kier molecular flexibility index (Phi) is 5.63. The Morgan fingerprint density at radius 3 is 3.25 bits per heavy atom. The van der Waals surface area contributed by atoms with Gasteiger partial charge in [-0.15, -0.1) is 11.8 Å². The molecule has 0 bridgehead atoms. The minimum absolute atomic E-state index is 0.142. The number of nitrogens with zero attached hydrogens (tertiary/aromatic N) is 2. The maximum Gasteiger partial charge on any atom is 0.302 e. The predicted octanol–water partition coefficient (Wildman–Crippen LogP) is 1.07. The first kappa shape index (κ1) is 14.6. The average molecular weight is 298 g/mol. The Morgan fingerprint density at radius 1 is 1.60 bits per heavy atom. The highest BCUT2D eigenvalue weighted by Crippen LogP contribution is 2.12. The smallest absolute Gasteiger partial charge is 0.302 e. The number of aromatic nitrogens is 2. The molecule has 2 rings (SSSR count). The zero-order valence-corrected chi connectivity index (χ0v) is 11.9. The highest BCUT2D eigenvalue weighted by atomic mass is 32.2. The zero-order chi connectivity index (χ0) is 14.2. The second-order valence-electron chi connectivity index (χ2n) is 3.94. The van der Waals surface area contributed by atoms with Gasteiger partial charge in [-0.2, -0.15) is 0 Å². The summed E-state index contributed by atoms with van der Waals surface area (Å²) in [6.45, 7) is 1.10. The Hall–Kier alpha value is -1.80. The van der Waals surface area contributed by atoms with E-state index in [0.717, 1.165) is 5.76 Å². The predicted molar refractivity (Wildman–Crippen MR) is 72.1 cm³/mol. The van der Waals surface area contributed by atoms with Gasteiger partial charge in [0.25, 0.3) is 6.20 Å². The minimum atomic E-state index is -0.142. The lowest BCUT2D eigenvalue weighted by molar-refractivity contribution is -0.763. The number of ether oxygens (including phenoxy) is 1. The molecule has 7 nitrogen and oxygen atoms in total. The lowest BCUT2D eigenvalue weighted by atomic mass is 10.5. The van der Waals surface area contributed by atoms with Crippen molar-refractivity contribution in [2.24, 2.45) is 0 Å². The number of amides is 1. The molecule has 20 heavy (non-hydrogen) atoms. The third-order valence-electron chi connectivity index (χ3n) is 2.36. The number of hydrogen-bond donors (Lipinski definition) is 1. The molecule has 0 atom stereocenters. The minimum Gasteiger partial charge on any atom is -0.468 e. The molecule has 0 aliphatic rings. The summed E-state index contributed by atoms with van der Waals surface area (Å²) in [5.41, 5.74) is 0. The van der Waals surface area contributed by atoms with Gasteiger partial charge >= 0.3 is 5.88 Å². The van der Waals surface area contributed by atoms with Crippen molar-refractivity contribution in [3.63, 3.8) is 0 Å². The Bertz CT molecular complexity index is 527. The van der Waals surface area contributed by atoms with Crippen molar-refractivity contribution in [2.45, 2.75) is 12.3 Å². The molecule has 0 fully saturated rings. The Balaban J connectivity index is 1.69. The monoisotopic (exact) mass is 298 g/mol. The molecular formula is C12H16N3O4S+. The number of carbonyl (C=O) groups excluding carboxylic acids is 1. The van der Waals surface area contributed by atoms with E-state index in [4.69, 9.17) is 13.7 Å². The van der Waals surface area contributed by atoms with Gasteiger partial charge in [0.05, 0.1) is 17.8 Å². The number of rotatable bonds is 8. The van der Waals surface area contributed by atoms with E-state index in [-0.39, 0.29) is 5.91 Å². The molecule has 0 unspecified atom stereocenters. The van der Waals surface area contributed by atoms with Crippen molar-refractivity contribution >= 4 is 23.6 Å². The van der Waals surface area contributed by atoms with E-state index in [0.29, 0.717) is 30.5 Å². The van der Waals surface area contributed by atoms with Crippen LogP contribution in [0, 0.1) is 0 Å². The molecule has 108 valence electrons. The van der Waals surface area contributed by atoms with Gasteiger partial charge in [-0.25, -0.2) is 0 Å². The molecule has 1 amide bonds. The summed E-state index contributed by atoms with van der Waals surface area (Å²) in [5, 5.41) is 6.39. The van der Waals surface area contributed by atoms with Crippen molar-refractivity contribution < 1.29 is 23.2 Å². The van der Waals surface area contributed by atoms with Gasteiger partial charge in [0.15, 0.2) is 0 Å². The van der Waals surface area contributed by atoms with E-state index >= 15 is 0 Å². The lowest BCUT2D eigenvalue weighted by Gasteiger charge is -1.98. The third-order valence-corrected chi connectivity index (χ3v) is 3.31. The molecule has 0 saturated heterocycles. The summed E-state index contributed by atoms with van der Waals surface area (Å²) >= 11 is 1.46. The van der Waals surface area contributed by atoms with E-state index in [1.807, 2.05) is 12.1 Å². The SMILES string of the molecule is COCC[n+]1cc(NC(=O)CSCc2ccco2)on1. The molecule has 1 N–H and O–H groups in total. The van der Waals surface area contributed by atoms with Crippen LogP contribution in [0.25, 0.3) is 0 Å². The van der Waals surface area contributed by atoms with Gasteiger partial charge in [0, 0.05) is 7.11 Å². The van der Waals surface area contributed by atoms with Crippen LogP contribution in [-0.2, 0) is 21.8 Å². The summed E-state index contributed by atoms with van der Waals surface area (Å²) in [7, 11) is 1.61. The number of carbonyl (C=O) groups is 1. The molecule has 0 spiro atoms. The van der Waals surface area contributed by atoms with Crippen molar-refractivity contribution in [3.05, 3.63) is 30.4 Å². The van der Waals surface area contributed by atoms with E-state index in [1.165, 1.54) is 11.8 Å². The second kappa shape index (κ2) is 7.71. The van der Waals surface area contributed by atoms with Crippen LogP contribution in [0.5, 0.6) is 0 Å². The van der Waals surface area contributed by atoms with Gasteiger partial charge in [0.2, 0.25) is 17.7 Å². The fourth-order valence-corrected chi connectivity index (χ4v) is 2.16. The normalized spacial score (nSPS) is 10.7. The maximum atomic E-state index is 11.7. The maximum absolute atomic E-state index is 11.7. The molecule has 0 saturated carbocycles. The first-order valence-electron chi connectivity index (χ1n) is 6.03. The highest BCUT2D eigenvalue weighted by Gasteiger charge is 2.13. The summed E-state index contributed by atoms with van der Waals surface area (Å²) in [6.07, 6.45) is 3.23. The molecule has 0 aliphatic heterocycles. The van der Waals surface area contributed by atoms with Crippen LogP contribution in [0.4, 0.5) is 5.88 Å². The quantitative estimate of drug-likeness (QED) is 0.734. The van der Waals surface area contributed by atoms with Gasteiger partial charge < -0.3 is 9.15 Å². The first-order valence-corrected chi connectivity index (χ1v) is 7.19. The molecular weight excluding hydrogens is 282 g/mol. The van der Waals surface area contributed by atoms with Gasteiger partial charge in [0.1, 0.15) is 12.4 Å². The summed E-state index contributed by atoms with van der Waals surface area (Å²) in [4.78, 5) is 11.7. The molecule has 0 aliphatic carbocycles.